The van der Waals surface area contributed by atoms with E-state index in [0.29, 0.717) is 32.9 Å². The maximum Gasteiger partial charge on any atom is 0.137 e. The second kappa shape index (κ2) is 8.51. The third-order valence-corrected chi connectivity index (χ3v) is 4.53. The van der Waals surface area contributed by atoms with Gasteiger partial charge in [0.2, 0.25) is 0 Å². The molecule has 3 rings (SSSR count). The third kappa shape index (κ3) is 5.36. The summed E-state index contributed by atoms with van der Waals surface area (Å²) in [6.07, 6.45) is 2.80. The van der Waals surface area contributed by atoms with Crippen LogP contribution in [0.3, 0.4) is 0 Å². The van der Waals surface area contributed by atoms with Crippen molar-refractivity contribution in [2.45, 2.75) is 25.4 Å². The van der Waals surface area contributed by atoms with Gasteiger partial charge in [0.05, 0.1) is 38.6 Å². The van der Waals surface area contributed by atoms with Gasteiger partial charge < -0.3 is 14.6 Å². The Labute approximate surface area is 139 Å². The third-order valence-electron chi connectivity index (χ3n) is 3.68. The average Bonchev–Trinajstić information content (AvgIpc) is 3.21. The number of morpholine rings is 1. The summed E-state index contributed by atoms with van der Waals surface area (Å²) < 4.78 is 13.1. The molecule has 1 aliphatic rings. The Kier molecular flexibility index (Phi) is 6.12. The first-order valence-electron chi connectivity index (χ1n) is 7.74. The Hall–Kier alpha value is -1.32. The summed E-state index contributed by atoms with van der Waals surface area (Å²) in [5.41, 5.74) is 0. The van der Waals surface area contributed by atoms with Crippen molar-refractivity contribution in [1.82, 2.24) is 19.7 Å². The molecule has 0 saturated carbocycles. The first kappa shape index (κ1) is 16.5. The van der Waals surface area contributed by atoms with Crippen LogP contribution in [0.1, 0.15) is 4.88 Å². The smallest absolute Gasteiger partial charge is 0.137 e. The highest BCUT2D eigenvalue weighted by molar-refractivity contribution is 7.09. The second-order valence-electron chi connectivity index (χ2n) is 5.62. The molecule has 8 heteroatoms. The standard InChI is InChI=1S/C15H22N4O3S/c20-13(9-21-10-15-2-1-5-23-15)6-18-3-4-22-14(7-18)8-19-12-16-11-17-19/h1-2,5,11-14,20H,3-4,6-10H2. The molecule has 23 heavy (non-hydrogen) atoms. The van der Waals surface area contributed by atoms with Crippen LogP contribution in [0.4, 0.5) is 0 Å². The fourth-order valence-corrected chi connectivity index (χ4v) is 3.27. The van der Waals surface area contributed by atoms with Gasteiger partial charge in [-0.1, -0.05) is 6.07 Å². The molecule has 0 spiro atoms. The molecule has 1 N–H and O–H groups in total. The zero-order chi connectivity index (χ0) is 15.9. The van der Waals surface area contributed by atoms with Gasteiger partial charge in [-0.2, -0.15) is 5.10 Å². The molecule has 2 atom stereocenters. The van der Waals surface area contributed by atoms with Crippen LogP contribution in [0.5, 0.6) is 0 Å². The van der Waals surface area contributed by atoms with Crippen LogP contribution in [0.15, 0.2) is 30.2 Å². The summed E-state index contributed by atoms with van der Waals surface area (Å²) in [5, 5.41) is 16.3. The van der Waals surface area contributed by atoms with Crippen molar-refractivity contribution in [1.29, 1.82) is 0 Å². The monoisotopic (exact) mass is 338 g/mol. The van der Waals surface area contributed by atoms with Crippen molar-refractivity contribution in [3.8, 4) is 0 Å². The van der Waals surface area contributed by atoms with E-state index in [2.05, 4.69) is 15.0 Å². The van der Waals surface area contributed by atoms with Gasteiger partial charge in [0, 0.05) is 24.5 Å². The van der Waals surface area contributed by atoms with Crippen molar-refractivity contribution in [3.05, 3.63) is 35.0 Å². The molecule has 126 valence electrons. The van der Waals surface area contributed by atoms with Gasteiger partial charge in [0.1, 0.15) is 12.7 Å². The summed E-state index contributed by atoms with van der Waals surface area (Å²) in [5.74, 6) is 0. The minimum atomic E-state index is -0.486. The lowest BCUT2D eigenvalue weighted by atomic mass is 10.2. The summed E-state index contributed by atoms with van der Waals surface area (Å²) >= 11 is 1.67. The lowest BCUT2D eigenvalue weighted by Crippen LogP contribution is -2.47. The topological polar surface area (TPSA) is 72.6 Å². The number of nitrogens with zero attached hydrogens (tertiary/aromatic N) is 4. The second-order valence-corrected chi connectivity index (χ2v) is 6.65. The van der Waals surface area contributed by atoms with Gasteiger partial charge in [-0.05, 0) is 11.4 Å². The van der Waals surface area contributed by atoms with Crippen LogP contribution in [0, 0.1) is 0 Å². The molecule has 3 heterocycles. The van der Waals surface area contributed by atoms with Crippen molar-refractivity contribution < 1.29 is 14.6 Å². The molecule has 0 bridgehead atoms. The van der Waals surface area contributed by atoms with Crippen molar-refractivity contribution in [2.75, 3.05) is 32.8 Å². The summed E-state index contributed by atoms with van der Waals surface area (Å²) in [7, 11) is 0. The summed E-state index contributed by atoms with van der Waals surface area (Å²) in [6, 6.07) is 4.04. The van der Waals surface area contributed by atoms with Gasteiger partial charge in [0.15, 0.2) is 0 Å². The maximum absolute atomic E-state index is 10.1. The van der Waals surface area contributed by atoms with Crippen LogP contribution in [0.2, 0.25) is 0 Å². The maximum atomic E-state index is 10.1. The summed E-state index contributed by atoms with van der Waals surface area (Å²) in [4.78, 5) is 7.33. The number of thiophene rings is 1. The number of rotatable bonds is 8. The Morgan fingerprint density at radius 3 is 3.26 bits per heavy atom. The Morgan fingerprint density at radius 2 is 2.48 bits per heavy atom. The van der Waals surface area contributed by atoms with E-state index in [1.165, 1.54) is 11.2 Å². The minimum Gasteiger partial charge on any atom is -0.389 e. The fourth-order valence-electron chi connectivity index (χ4n) is 2.63. The van der Waals surface area contributed by atoms with E-state index in [9.17, 15) is 5.11 Å². The number of aliphatic hydroxyl groups excluding tert-OH is 1. The van der Waals surface area contributed by atoms with Gasteiger partial charge >= 0.3 is 0 Å². The highest BCUT2D eigenvalue weighted by Crippen LogP contribution is 2.11. The number of aliphatic hydroxyl groups is 1. The van der Waals surface area contributed by atoms with Gasteiger partial charge in [-0.3, -0.25) is 9.58 Å². The Balaban J connectivity index is 1.36. The Bertz CT molecular complexity index is 549. The van der Waals surface area contributed by atoms with E-state index in [-0.39, 0.29) is 6.10 Å². The lowest BCUT2D eigenvalue weighted by molar-refractivity contribution is -0.0582. The van der Waals surface area contributed by atoms with Gasteiger partial charge in [-0.15, -0.1) is 11.3 Å². The lowest BCUT2D eigenvalue weighted by Gasteiger charge is -2.33. The largest absolute Gasteiger partial charge is 0.389 e. The molecule has 1 aliphatic heterocycles. The number of aromatic nitrogens is 3. The normalized spacial score (nSPS) is 20.7. The van der Waals surface area contributed by atoms with Crippen LogP contribution in [0.25, 0.3) is 0 Å². The van der Waals surface area contributed by atoms with Crippen molar-refractivity contribution in [3.63, 3.8) is 0 Å². The van der Waals surface area contributed by atoms with Gasteiger partial charge in [-0.25, -0.2) is 4.98 Å². The van der Waals surface area contributed by atoms with E-state index in [1.807, 2.05) is 17.5 Å². The van der Waals surface area contributed by atoms with Crippen LogP contribution >= 0.6 is 11.3 Å². The van der Waals surface area contributed by atoms with E-state index in [4.69, 9.17) is 9.47 Å². The SMILES string of the molecule is OC(COCc1cccs1)CN1CCOC(Cn2cncn2)C1. The summed E-state index contributed by atoms with van der Waals surface area (Å²) in [6.45, 7) is 4.47. The van der Waals surface area contributed by atoms with Crippen molar-refractivity contribution >= 4 is 11.3 Å². The molecular formula is C15H22N4O3S. The predicted molar refractivity (Wildman–Crippen MR) is 86.2 cm³/mol. The molecule has 0 amide bonds. The first-order chi connectivity index (χ1) is 11.3. The van der Waals surface area contributed by atoms with E-state index < -0.39 is 6.10 Å². The van der Waals surface area contributed by atoms with E-state index in [0.717, 1.165) is 13.1 Å². The molecular weight excluding hydrogens is 316 g/mol. The zero-order valence-electron chi connectivity index (χ0n) is 13.0. The number of β-amino-alcohol motifs (C(OH)–C–C–N with tert-alkyl or cyclic N) is 1. The van der Waals surface area contributed by atoms with Crippen LogP contribution in [-0.4, -0.2) is 69.8 Å². The highest BCUT2D eigenvalue weighted by Gasteiger charge is 2.22. The van der Waals surface area contributed by atoms with Crippen molar-refractivity contribution in [2.24, 2.45) is 0 Å². The molecule has 0 aliphatic carbocycles. The molecule has 1 fully saturated rings. The minimum absolute atomic E-state index is 0.0738. The first-order valence-corrected chi connectivity index (χ1v) is 8.62. The quantitative estimate of drug-likeness (QED) is 0.761. The Morgan fingerprint density at radius 1 is 1.52 bits per heavy atom. The van der Waals surface area contributed by atoms with Crippen LogP contribution < -0.4 is 0 Å². The number of hydrogen-bond donors (Lipinski definition) is 1. The highest BCUT2D eigenvalue weighted by atomic mass is 32.1. The molecule has 2 unspecified atom stereocenters. The molecule has 1 saturated heterocycles. The number of ether oxygens (including phenoxy) is 2. The number of hydrogen-bond acceptors (Lipinski definition) is 7. The van der Waals surface area contributed by atoms with E-state index >= 15 is 0 Å². The average molecular weight is 338 g/mol. The predicted octanol–water partition coefficient (Wildman–Crippen LogP) is 0.618. The van der Waals surface area contributed by atoms with Crippen LogP contribution in [-0.2, 0) is 22.6 Å². The zero-order valence-corrected chi connectivity index (χ0v) is 13.8. The molecule has 7 nitrogen and oxygen atoms in total. The molecule has 2 aromatic heterocycles. The molecule has 2 aromatic rings. The van der Waals surface area contributed by atoms with E-state index in [1.54, 1.807) is 22.3 Å². The molecule has 0 aromatic carbocycles. The molecule has 0 radical (unpaired) electrons. The fraction of sp³-hybridized carbons (Fsp3) is 0.600. The van der Waals surface area contributed by atoms with Gasteiger partial charge in [0.25, 0.3) is 0 Å².